The number of rotatable bonds is 7. The van der Waals surface area contributed by atoms with E-state index in [0.29, 0.717) is 27.2 Å². The molecule has 1 aliphatic heterocycles. The van der Waals surface area contributed by atoms with Crippen LogP contribution in [0, 0.1) is 0 Å². The molecule has 1 fully saturated rings. The number of nitrogens with one attached hydrogen (secondary N) is 1. The number of halogens is 1. The van der Waals surface area contributed by atoms with Crippen molar-refractivity contribution in [3.8, 4) is 11.5 Å². The zero-order valence-electron chi connectivity index (χ0n) is 16.9. The third-order valence-electron chi connectivity index (χ3n) is 4.28. The lowest BCUT2D eigenvalue weighted by atomic mass is 10.2. The van der Waals surface area contributed by atoms with Crippen molar-refractivity contribution < 1.29 is 23.9 Å². The maximum absolute atomic E-state index is 12.7. The Morgan fingerprint density at radius 1 is 1.23 bits per heavy atom. The van der Waals surface area contributed by atoms with E-state index in [4.69, 9.17) is 9.47 Å². The summed E-state index contributed by atoms with van der Waals surface area (Å²) >= 11 is 5.74. The second kappa shape index (κ2) is 10.3. The van der Waals surface area contributed by atoms with E-state index in [1.165, 1.54) is 14.2 Å². The number of anilines is 1. The van der Waals surface area contributed by atoms with Crippen LogP contribution in [0.2, 0.25) is 0 Å². The van der Waals surface area contributed by atoms with Crippen LogP contribution in [0.3, 0.4) is 0 Å². The van der Waals surface area contributed by atoms with Gasteiger partial charge in [-0.25, -0.2) is 0 Å². The monoisotopic (exact) mass is 522 g/mol. The van der Waals surface area contributed by atoms with Crippen molar-refractivity contribution in [1.29, 1.82) is 0 Å². The zero-order valence-corrected chi connectivity index (χ0v) is 20.2. The van der Waals surface area contributed by atoms with Crippen LogP contribution in [0.25, 0.3) is 6.08 Å². The van der Waals surface area contributed by atoms with Crippen LogP contribution in [0.4, 0.5) is 10.5 Å². The highest BCUT2D eigenvalue weighted by Crippen LogP contribution is 2.38. The number of imide groups is 1. The molecule has 0 unspecified atom stereocenters. The van der Waals surface area contributed by atoms with Crippen LogP contribution in [0.15, 0.2) is 50.7 Å². The van der Waals surface area contributed by atoms with E-state index in [0.717, 1.165) is 21.6 Å². The average Bonchev–Trinajstić information content (AvgIpc) is 3.00. The van der Waals surface area contributed by atoms with Crippen LogP contribution in [-0.2, 0) is 9.59 Å². The predicted molar refractivity (Wildman–Crippen MR) is 127 cm³/mol. The standard InChI is InChI=1S/C21H19BrN2O5S2/c1-28-16-8-12(7-15(22)19(16)29-2)9-17-20(26)24(21(27)31-17)11-18(25)23-13-5-4-6-14(10-13)30-3/h4-10H,11H2,1-3H3,(H,23,25)/b17-9+. The van der Waals surface area contributed by atoms with E-state index in [1.807, 2.05) is 24.5 Å². The smallest absolute Gasteiger partial charge is 0.294 e. The van der Waals surface area contributed by atoms with Gasteiger partial charge < -0.3 is 14.8 Å². The molecule has 162 valence electrons. The van der Waals surface area contributed by atoms with E-state index >= 15 is 0 Å². The fraction of sp³-hybridized carbons (Fsp3) is 0.190. The minimum atomic E-state index is -0.520. The highest BCUT2D eigenvalue weighted by Gasteiger charge is 2.36. The van der Waals surface area contributed by atoms with E-state index in [9.17, 15) is 14.4 Å². The minimum Gasteiger partial charge on any atom is -0.493 e. The number of ether oxygens (including phenoxy) is 2. The Morgan fingerprint density at radius 2 is 2.00 bits per heavy atom. The minimum absolute atomic E-state index is 0.223. The number of thioether (sulfide) groups is 2. The SMILES string of the molecule is COc1cc(/C=C2/SC(=O)N(CC(=O)Nc3cccc(SC)c3)C2=O)cc(Br)c1OC. The molecule has 10 heteroatoms. The summed E-state index contributed by atoms with van der Waals surface area (Å²) in [4.78, 5) is 39.6. The van der Waals surface area contributed by atoms with Gasteiger partial charge in [0.05, 0.1) is 23.6 Å². The molecule has 0 bridgehead atoms. The summed E-state index contributed by atoms with van der Waals surface area (Å²) in [5, 5.41) is 2.22. The predicted octanol–water partition coefficient (Wildman–Crippen LogP) is 4.86. The van der Waals surface area contributed by atoms with Crippen molar-refractivity contribution in [3.05, 3.63) is 51.3 Å². The quantitative estimate of drug-likeness (QED) is 0.410. The summed E-state index contributed by atoms with van der Waals surface area (Å²) in [5.41, 5.74) is 1.25. The molecule has 0 saturated carbocycles. The third kappa shape index (κ3) is 5.44. The molecule has 1 N–H and O–H groups in total. The molecule has 1 heterocycles. The molecule has 0 spiro atoms. The van der Waals surface area contributed by atoms with Gasteiger partial charge in [-0.1, -0.05) is 6.07 Å². The first-order valence-electron chi connectivity index (χ1n) is 8.97. The highest BCUT2D eigenvalue weighted by molar-refractivity contribution is 9.10. The van der Waals surface area contributed by atoms with Gasteiger partial charge in [-0.2, -0.15) is 0 Å². The number of carbonyl (C=O) groups excluding carboxylic acids is 3. The van der Waals surface area contributed by atoms with Crippen molar-refractivity contribution in [2.45, 2.75) is 4.90 Å². The summed E-state index contributed by atoms with van der Waals surface area (Å²) in [6, 6.07) is 10.8. The first-order chi connectivity index (χ1) is 14.9. The zero-order chi connectivity index (χ0) is 22.5. The van der Waals surface area contributed by atoms with Gasteiger partial charge in [0.2, 0.25) is 5.91 Å². The molecule has 31 heavy (non-hydrogen) atoms. The highest BCUT2D eigenvalue weighted by atomic mass is 79.9. The molecule has 0 radical (unpaired) electrons. The van der Waals surface area contributed by atoms with Crippen molar-refractivity contribution >= 4 is 68.3 Å². The van der Waals surface area contributed by atoms with E-state index in [1.54, 1.807) is 36.0 Å². The summed E-state index contributed by atoms with van der Waals surface area (Å²) in [7, 11) is 3.03. The Kier molecular flexibility index (Phi) is 7.69. The largest absolute Gasteiger partial charge is 0.493 e. The number of nitrogens with zero attached hydrogens (tertiary/aromatic N) is 1. The van der Waals surface area contributed by atoms with Crippen LogP contribution >= 0.6 is 39.5 Å². The molecular weight excluding hydrogens is 504 g/mol. The Labute approximate surface area is 196 Å². The van der Waals surface area contributed by atoms with Crippen LogP contribution in [-0.4, -0.2) is 49.0 Å². The molecule has 2 aromatic carbocycles. The maximum Gasteiger partial charge on any atom is 0.294 e. The summed E-state index contributed by atoms with van der Waals surface area (Å²) in [6.45, 7) is -0.360. The fourth-order valence-corrected chi connectivity index (χ4v) is 4.77. The first-order valence-corrected chi connectivity index (χ1v) is 11.8. The van der Waals surface area contributed by atoms with Crippen molar-refractivity contribution in [1.82, 2.24) is 4.90 Å². The van der Waals surface area contributed by atoms with E-state index < -0.39 is 17.1 Å². The number of hydrogen-bond donors (Lipinski definition) is 1. The molecule has 7 nitrogen and oxygen atoms in total. The van der Waals surface area contributed by atoms with Gasteiger partial charge in [-0.05, 0) is 75.9 Å². The number of methoxy groups -OCH3 is 2. The number of hydrogen-bond acceptors (Lipinski definition) is 7. The molecule has 2 aromatic rings. The topological polar surface area (TPSA) is 84.9 Å². The lowest BCUT2D eigenvalue weighted by molar-refractivity contribution is -0.127. The Morgan fingerprint density at radius 3 is 2.68 bits per heavy atom. The molecule has 0 atom stereocenters. The Balaban J connectivity index is 1.74. The van der Waals surface area contributed by atoms with E-state index in [2.05, 4.69) is 21.2 Å². The van der Waals surface area contributed by atoms with Crippen molar-refractivity contribution in [2.75, 3.05) is 32.3 Å². The molecule has 0 aromatic heterocycles. The molecule has 3 amide bonds. The fourth-order valence-electron chi connectivity index (χ4n) is 2.85. The van der Waals surface area contributed by atoms with Gasteiger partial charge in [0.15, 0.2) is 11.5 Å². The Bertz CT molecular complexity index is 1070. The van der Waals surface area contributed by atoms with Crippen LogP contribution in [0.5, 0.6) is 11.5 Å². The van der Waals surface area contributed by atoms with Gasteiger partial charge in [0.1, 0.15) is 6.54 Å². The van der Waals surface area contributed by atoms with Gasteiger partial charge in [0, 0.05) is 10.6 Å². The van der Waals surface area contributed by atoms with Gasteiger partial charge in [0.25, 0.3) is 11.1 Å². The number of carbonyl (C=O) groups is 3. The molecule has 3 rings (SSSR count). The Hall–Kier alpha value is -2.43. The lowest BCUT2D eigenvalue weighted by Crippen LogP contribution is -2.36. The van der Waals surface area contributed by atoms with Gasteiger partial charge in [-0.3, -0.25) is 19.3 Å². The van der Waals surface area contributed by atoms with Crippen LogP contribution < -0.4 is 14.8 Å². The molecule has 0 aliphatic carbocycles. The van der Waals surface area contributed by atoms with Crippen LogP contribution in [0.1, 0.15) is 5.56 Å². The van der Waals surface area contributed by atoms with Crippen molar-refractivity contribution in [2.24, 2.45) is 0 Å². The van der Waals surface area contributed by atoms with E-state index in [-0.39, 0.29) is 11.4 Å². The van der Waals surface area contributed by atoms with Crippen molar-refractivity contribution in [3.63, 3.8) is 0 Å². The first kappa shape index (κ1) is 23.2. The third-order valence-corrected chi connectivity index (χ3v) is 6.50. The lowest BCUT2D eigenvalue weighted by Gasteiger charge is -2.13. The molecular formula is C21H19BrN2O5S2. The summed E-state index contributed by atoms with van der Waals surface area (Å²) in [6.07, 6.45) is 3.52. The number of amides is 3. The summed E-state index contributed by atoms with van der Waals surface area (Å²) < 4.78 is 11.2. The van der Waals surface area contributed by atoms with Gasteiger partial charge in [-0.15, -0.1) is 11.8 Å². The second-order valence-corrected chi connectivity index (χ2v) is 9.01. The second-order valence-electron chi connectivity index (χ2n) is 6.29. The number of benzene rings is 2. The average molecular weight is 523 g/mol. The maximum atomic E-state index is 12.7. The molecule has 1 saturated heterocycles. The normalized spacial score (nSPS) is 14.8. The summed E-state index contributed by atoms with van der Waals surface area (Å²) in [5.74, 6) is 0.0359. The molecule has 1 aliphatic rings. The van der Waals surface area contributed by atoms with Gasteiger partial charge >= 0.3 is 0 Å².